The number of nitrogens with zero attached hydrogens (tertiary/aromatic N) is 1. The van der Waals surface area contributed by atoms with E-state index in [-0.39, 0.29) is 0 Å². The number of aldehydes is 1. The maximum Gasteiger partial charge on any atom is 0.147 e. The van der Waals surface area contributed by atoms with Gasteiger partial charge in [-0.2, -0.15) is 0 Å². The molecule has 10 heavy (non-hydrogen) atoms. The summed E-state index contributed by atoms with van der Waals surface area (Å²) in [6.07, 6.45) is 3.45. The third-order valence-electron chi connectivity index (χ3n) is 1.68. The average Bonchev–Trinajstić information content (AvgIpc) is 1.95. The molecule has 1 atom stereocenters. The molecule has 3 heteroatoms. The van der Waals surface area contributed by atoms with E-state index >= 15 is 0 Å². The van der Waals surface area contributed by atoms with Crippen molar-refractivity contribution in [2.75, 3.05) is 7.05 Å². The number of carbonyl (C=O) groups excluding carboxylic acids is 1. The molecule has 1 heterocycles. The molecule has 1 aliphatic rings. The zero-order valence-corrected chi connectivity index (χ0v) is 5.95. The summed E-state index contributed by atoms with van der Waals surface area (Å²) in [5.74, 6) is 0. The quantitative estimate of drug-likeness (QED) is 0.527. The lowest BCUT2D eigenvalue weighted by molar-refractivity contribution is -0.105. The minimum Gasteiger partial charge on any atom is -0.374 e. The van der Waals surface area contributed by atoms with Crippen molar-refractivity contribution in [1.29, 1.82) is 0 Å². The number of aliphatic hydroxyl groups excluding tert-OH is 1. The molecule has 0 aromatic carbocycles. The Morgan fingerprint density at radius 3 is 3.10 bits per heavy atom. The lowest BCUT2D eigenvalue weighted by atomic mass is 10.1. The van der Waals surface area contributed by atoms with Gasteiger partial charge in [0.05, 0.1) is 0 Å². The number of rotatable bonds is 1. The Bertz CT molecular complexity index is 165. The minimum absolute atomic E-state index is 0.413. The minimum atomic E-state index is -0.413. The fraction of sp³-hybridized carbons (Fsp3) is 0.571. The maximum absolute atomic E-state index is 10.2. The summed E-state index contributed by atoms with van der Waals surface area (Å²) in [5, 5.41) is 9.16. The van der Waals surface area contributed by atoms with Gasteiger partial charge in [-0.25, -0.2) is 0 Å². The molecule has 0 fully saturated rings. The molecule has 0 aromatic heterocycles. The Hall–Kier alpha value is -0.830. The highest BCUT2D eigenvalue weighted by atomic mass is 16.3. The summed E-state index contributed by atoms with van der Waals surface area (Å²) in [5.41, 5.74) is 0.757. The molecule has 0 bridgehead atoms. The van der Waals surface area contributed by atoms with Gasteiger partial charge in [0.2, 0.25) is 0 Å². The number of carbonyl (C=O) groups is 1. The smallest absolute Gasteiger partial charge is 0.147 e. The van der Waals surface area contributed by atoms with Crippen molar-refractivity contribution < 1.29 is 9.90 Å². The molecule has 0 amide bonds. The summed E-state index contributed by atoms with van der Waals surface area (Å²) in [6.45, 7) is 0. The number of hydrogen-bond acceptors (Lipinski definition) is 3. The van der Waals surface area contributed by atoms with Crippen molar-refractivity contribution in [3.8, 4) is 0 Å². The molecule has 56 valence electrons. The monoisotopic (exact) mass is 141 g/mol. The highest BCUT2D eigenvalue weighted by molar-refractivity contribution is 5.73. The summed E-state index contributed by atoms with van der Waals surface area (Å²) >= 11 is 0. The molecular formula is C7H11NO2. The van der Waals surface area contributed by atoms with E-state index in [1.165, 1.54) is 0 Å². The van der Waals surface area contributed by atoms with E-state index in [0.29, 0.717) is 12.8 Å². The molecule has 0 aliphatic carbocycles. The summed E-state index contributed by atoms with van der Waals surface area (Å²) in [4.78, 5) is 11.9. The van der Waals surface area contributed by atoms with Gasteiger partial charge >= 0.3 is 0 Å². The van der Waals surface area contributed by atoms with Crippen molar-refractivity contribution in [3.63, 3.8) is 0 Å². The largest absolute Gasteiger partial charge is 0.374 e. The van der Waals surface area contributed by atoms with Gasteiger partial charge in [0, 0.05) is 18.8 Å². The summed E-state index contributed by atoms with van der Waals surface area (Å²) in [7, 11) is 1.76. The molecule has 1 rings (SSSR count). The van der Waals surface area contributed by atoms with Crippen molar-refractivity contribution in [3.05, 3.63) is 11.8 Å². The Morgan fingerprint density at radius 2 is 2.60 bits per heavy atom. The second kappa shape index (κ2) is 2.84. The summed E-state index contributed by atoms with van der Waals surface area (Å²) in [6, 6.07) is 0. The SMILES string of the molecule is CN1C=C(C=O)CCC1O. The van der Waals surface area contributed by atoms with Gasteiger partial charge in [0.1, 0.15) is 12.5 Å². The Balaban J connectivity index is 2.65. The van der Waals surface area contributed by atoms with Crippen LogP contribution in [0.15, 0.2) is 11.8 Å². The van der Waals surface area contributed by atoms with Crippen LogP contribution in [0.1, 0.15) is 12.8 Å². The fourth-order valence-electron chi connectivity index (χ4n) is 1.00. The first kappa shape index (κ1) is 7.28. The van der Waals surface area contributed by atoms with E-state index in [9.17, 15) is 4.79 Å². The van der Waals surface area contributed by atoms with Crippen molar-refractivity contribution in [2.24, 2.45) is 0 Å². The van der Waals surface area contributed by atoms with Crippen molar-refractivity contribution in [1.82, 2.24) is 4.90 Å². The first-order valence-electron chi connectivity index (χ1n) is 3.30. The van der Waals surface area contributed by atoms with Crippen LogP contribution in [0.25, 0.3) is 0 Å². The van der Waals surface area contributed by atoms with Crippen LogP contribution >= 0.6 is 0 Å². The predicted octanol–water partition coefficient (Wildman–Crippen LogP) is 0.113. The molecule has 0 radical (unpaired) electrons. The van der Waals surface area contributed by atoms with Crippen molar-refractivity contribution >= 4 is 6.29 Å². The molecule has 3 nitrogen and oxygen atoms in total. The Kier molecular flexibility index (Phi) is 2.06. The molecule has 0 aromatic rings. The van der Waals surface area contributed by atoms with Crippen LogP contribution in [-0.2, 0) is 4.79 Å². The standard InChI is InChI=1S/C7H11NO2/c1-8-4-6(5-9)2-3-7(8)10/h4-5,7,10H,2-3H2,1H3. The van der Waals surface area contributed by atoms with Crippen LogP contribution in [0, 0.1) is 0 Å². The zero-order valence-electron chi connectivity index (χ0n) is 5.95. The van der Waals surface area contributed by atoms with E-state index in [2.05, 4.69) is 0 Å². The molecule has 1 aliphatic heterocycles. The van der Waals surface area contributed by atoms with Gasteiger partial charge in [0.25, 0.3) is 0 Å². The second-order valence-corrected chi connectivity index (χ2v) is 2.51. The third-order valence-corrected chi connectivity index (χ3v) is 1.68. The van der Waals surface area contributed by atoms with Gasteiger partial charge in [-0.15, -0.1) is 0 Å². The van der Waals surface area contributed by atoms with Crippen LogP contribution in [0.5, 0.6) is 0 Å². The zero-order chi connectivity index (χ0) is 7.56. The highest BCUT2D eigenvalue weighted by Gasteiger charge is 2.14. The fourth-order valence-corrected chi connectivity index (χ4v) is 1.00. The van der Waals surface area contributed by atoms with Gasteiger partial charge in [0.15, 0.2) is 0 Å². The van der Waals surface area contributed by atoms with E-state index in [1.54, 1.807) is 18.1 Å². The highest BCUT2D eigenvalue weighted by Crippen LogP contribution is 2.15. The van der Waals surface area contributed by atoms with Crippen LogP contribution in [-0.4, -0.2) is 29.6 Å². The molecule has 1 N–H and O–H groups in total. The lowest BCUT2D eigenvalue weighted by Gasteiger charge is -2.26. The molecule has 1 unspecified atom stereocenters. The van der Waals surface area contributed by atoms with E-state index in [0.717, 1.165) is 11.9 Å². The van der Waals surface area contributed by atoms with Gasteiger partial charge in [-0.1, -0.05) is 0 Å². The van der Waals surface area contributed by atoms with E-state index in [4.69, 9.17) is 5.11 Å². The first-order valence-corrected chi connectivity index (χ1v) is 3.30. The molecule has 0 saturated carbocycles. The van der Waals surface area contributed by atoms with Crippen LogP contribution in [0.2, 0.25) is 0 Å². The van der Waals surface area contributed by atoms with Crippen LogP contribution in [0.4, 0.5) is 0 Å². The molecule has 0 saturated heterocycles. The topological polar surface area (TPSA) is 40.5 Å². The van der Waals surface area contributed by atoms with Crippen molar-refractivity contribution in [2.45, 2.75) is 19.1 Å². The number of aliphatic hydroxyl groups is 1. The second-order valence-electron chi connectivity index (χ2n) is 2.51. The van der Waals surface area contributed by atoms with Gasteiger partial charge in [-0.3, -0.25) is 4.79 Å². The normalized spacial score (nSPS) is 26.0. The molecule has 0 spiro atoms. The average molecular weight is 141 g/mol. The first-order chi connectivity index (χ1) is 4.74. The summed E-state index contributed by atoms with van der Waals surface area (Å²) < 4.78 is 0. The van der Waals surface area contributed by atoms with E-state index < -0.39 is 6.23 Å². The van der Waals surface area contributed by atoms with Gasteiger partial charge < -0.3 is 10.0 Å². The predicted molar refractivity (Wildman–Crippen MR) is 37.2 cm³/mol. The molecular weight excluding hydrogens is 130 g/mol. The lowest BCUT2D eigenvalue weighted by Crippen LogP contribution is -2.30. The van der Waals surface area contributed by atoms with Crippen LogP contribution in [0.3, 0.4) is 0 Å². The number of hydrogen-bond donors (Lipinski definition) is 1. The van der Waals surface area contributed by atoms with Crippen LogP contribution < -0.4 is 0 Å². The number of allylic oxidation sites excluding steroid dienone is 1. The Morgan fingerprint density at radius 1 is 1.90 bits per heavy atom. The maximum atomic E-state index is 10.2. The third kappa shape index (κ3) is 1.36. The van der Waals surface area contributed by atoms with Gasteiger partial charge in [-0.05, 0) is 12.8 Å². The Labute approximate surface area is 59.9 Å². The van der Waals surface area contributed by atoms with E-state index in [1.807, 2.05) is 0 Å².